The molecule has 2 aromatic rings. The lowest BCUT2D eigenvalue weighted by molar-refractivity contribution is -0.246. The molecule has 5 atom stereocenters. The normalized spacial score (nSPS) is 26.7. The molecular weight excluding hydrogens is 456 g/mol. The lowest BCUT2D eigenvalue weighted by atomic mass is 9.84. The van der Waals surface area contributed by atoms with Gasteiger partial charge >= 0.3 is 0 Å². The van der Waals surface area contributed by atoms with Crippen molar-refractivity contribution in [3.05, 3.63) is 59.7 Å². The second-order valence-corrected chi connectivity index (χ2v) is 11.4. The van der Waals surface area contributed by atoms with Crippen molar-refractivity contribution in [1.82, 2.24) is 0 Å². The molecule has 0 spiro atoms. The van der Waals surface area contributed by atoms with Crippen LogP contribution in [0.3, 0.4) is 0 Å². The maximum absolute atomic E-state index is 12.6. The van der Waals surface area contributed by atoms with Crippen LogP contribution in [0, 0.1) is 25.7 Å². The molecule has 0 amide bonds. The highest BCUT2D eigenvalue weighted by Gasteiger charge is 2.44. The van der Waals surface area contributed by atoms with E-state index in [9.17, 15) is 21.9 Å². The first-order valence-corrected chi connectivity index (χ1v) is 13.0. The molecule has 5 unspecified atom stereocenters. The molecule has 0 aliphatic carbocycles. The van der Waals surface area contributed by atoms with Gasteiger partial charge in [0.2, 0.25) is 0 Å². The van der Waals surface area contributed by atoms with Crippen LogP contribution in [0.5, 0.6) is 0 Å². The van der Waals surface area contributed by atoms with E-state index < -0.39 is 44.7 Å². The summed E-state index contributed by atoms with van der Waals surface area (Å²) in [5, 5.41) is 10.4. The zero-order valence-corrected chi connectivity index (χ0v) is 20.0. The summed E-state index contributed by atoms with van der Waals surface area (Å²) in [4.78, 5) is -0.00429. The van der Waals surface area contributed by atoms with Crippen molar-refractivity contribution in [1.29, 1.82) is 0 Å². The van der Waals surface area contributed by atoms with Gasteiger partial charge in [0, 0.05) is 0 Å². The molecule has 3 rings (SSSR count). The number of ether oxygens (including phenoxy) is 1. The molecule has 2 aromatic carbocycles. The van der Waals surface area contributed by atoms with Crippen molar-refractivity contribution in [3.63, 3.8) is 0 Å². The van der Waals surface area contributed by atoms with Crippen molar-refractivity contribution < 1.29 is 35.0 Å². The largest absolute Gasteiger partial charge is 0.366 e. The van der Waals surface area contributed by atoms with Gasteiger partial charge in [0.25, 0.3) is 20.2 Å². The van der Waals surface area contributed by atoms with E-state index >= 15 is 0 Å². The maximum Gasteiger partial charge on any atom is 0.297 e. The van der Waals surface area contributed by atoms with Gasteiger partial charge in [-0.1, -0.05) is 49.2 Å². The van der Waals surface area contributed by atoms with Gasteiger partial charge in [-0.15, -0.1) is 0 Å². The predicted octanol–water partition coefficient (Wildman–Crippen LogP) is 2.77. The first-order chi connectivity index (χ1) is 14.9. The van der Waals surface area contributed by atoms with E-state index in [2.05, 4.69) is 0 Å². The first-order valence-electron chi connectivity index (χ1n) is 10.2. The lowest BCUT2D eigenvalue weighted by Crippen LogP contribution is -2.52. The Hall–Kier alpha value is -1.82. The Morgan fingerprint density at radius 2 is 1.28 bits per heavy atom. The van der Waals surface area contributed by atoms with Crippen molar-refractivity contribution >= 4 is 20.2 Å². The second-order valence-electron chi connectivity index (χ2n) is 8.16. The van der Waals surface area contributed by atoms with Gasteiger partial charge in [-0.2, -0.15) is 16.8 Å². The third-order valence-corrected chi connectivity index (χ3v) is 8.39. The highest BCUT2D eigenvalue weighted by Crippen LogP contribution is 2.34. The third kappa shape index (κ3) is 5.56. The average Bonchev–Trinajstić information content (AvgIpc) is 2.73. The molecular formula is C22H28O8S2. The van der Waals surface area contributed by atoms with Gasteiger partial charge in [-0.25, -0.2) is 0 Å². The first kappa shape index (κ1) is 24.8. The molecule has 1 heterocycles. The van der Waals surface area contributed by atoms with Gasteiger partial charge in [-0.3, -0.25) is 8.37 Å². The monoisotopic (exact) mass is 484 g/mol. The van der Waals surface area contributed by atoms with Crippen LogP contribution in [0.25, 0.3) is 0 Å². The molecule has 8 nitrogen and oxygen atoms in total. The SMILES string of the molecule is Cc1ccc(S(=O)(=O)OCC2OC(O)C(OS(=O)(=O)c3ccc(C)cc3)C(C)C2C)cc1. The van der Waals surface area contributed by atoms with Gasteiger partial charge in [0.05, 0.1) is 22.5 Å². The highest BCUT2D eigenvalue weighted by atomic mass is 32.2. The summed E-state index contributed by atoms with van der Waals surface area (Å²) in [6.45, 7) is 6.83. The minimum absolute atomic E-state index is 0.0190. The predicted molar refractivity (Wildman–Crippen MR) is 117 cm³/mol. The lowest BCUT2D eigenvalue weighted by Gasteiger charge is -2.41. The summed E-state index contributed by atoms with van der Waals surface area (Å²) < 4.78 is 66.1. The summed E-state index contributed by atoms with van der Waals surface area (Å²) in [6.07, 6.45) is -3.50. The van der Waals surface area contributed by atoms with E-state index in [-0.39, 0.29) is 22.3 Å². The fourth-order valence-electron chi connectivity index (χ4n) is 3.44. The summed E-state index contributed by atoms with van der Waals surface area (Å²) >= 11 is 0. The quantitative estimate of drug-likeness (QED) is 0.597. The van der Waals surface area contributed by atoms with Gasteiger partial charge in [0.15, 0.2) is 6.29 Å². The van der Waals surface area contributed by atoms with Crippen molar-refractivity contribution in [2.45, 2.75) is 56.0 Å². The summed E-state index contributed by atoms with van der Waals surface area (Å²) in [6, 6.07) is 12.4. The van der Waals surface area contributed by atoms with Crippen LogP contribution < -0.4 is 0 Å². The molecule has 0 saturated carbocycles. The fourth-order valence-corrected chi connectivity index (χ4v) is 5.50. The van der Waals surface area contributed by atoms with Gasteiger partial charge in [0.1, 0.15) is 6.10 Å². The summed E-state index contributed by atoms with van der Waals surface area (Å²) in [5.41, 5.74) is 1.81. The van der Waals surface area contributed by atoms with Crippen LogP contribution >= 0.6 is 0 Å². The Bertz CT molecular complexity index is 1120. The number of benzene rings is 2. The summed E-state index contributed by atoms with van der Waals surface area (Å²) in [7, 11) is -8.13. The number of aryl methyl sites for hydroxylation is 2. The second kappa shape index (κ2) is 9.58. The highest BCUT2D eigenvalue weighted by molar-refractivity contribution is 7.87. The Morgan fingerprint density at radius 3 is 1.78 bits per heavy atom. The molecule has 0 radical (unpaired) electrons. The number of aliphatic hydroxyl groups excluding tert-OH is 1. The number of hydrogen-bond acceptors (Lipinski definition) is 8. The van der Waals surface area contributed by atoms with Crippen LogP contribution in [-0.2, 0) is 33.3 Å². The Balaban J connectivity index is 1.68. The van der Waals surface area contributed by atoms with Crippen LogP contribution in [0.2, 0.25) is 0 Å². The van der Waals surface area contributed by atoms with E-state index in [4.69, 9.17) is 13.1 Å². The van der Waals surface area contributed by atoms with Crippen molar-refractivity contribution in [3.8, 4) is 0 Å². The topological polar surface area (TPSA) is 116 Å². The molecule has 32 heavy (non-hydrogen) atoms. The van der Waals surface area contributed by atoms with Gasteiger partial charge in [-0.05, 0) is 49.9 Å². The van der Waals surface area contributed by atoms with Crippen molar-refractivity contribution in [2.75, 3.05) is 6.61 Å². The van der Waals surface area contributed by atoms with Crippen LogP contribution in [-0.4, -0.2) is 47.0 Å². The standard InChI is InChI=1S/C22H28O8S2/c1-14-5-9-18(10-6-14)31(24,25)28-13-20-16(3)17(4)21(22(23)29-20)30-32(26,27)19-11-7-15(2)8-12-19/h5-12,16-17,20-23H,13H2,1-4H3. The smallest absolute Gasteiger partial charge is 0.297 e. The third-order valence-electron chi connectivity index (χ3n) is 5.77. The van der Waals surface area contributed by atoms with E-state index in [1.54, 1.807) is 38.1 Å². The molecule has 10 heteroatoms. The number of rotatable bonds is 7. The molecule has 1 N–H and O–H groups in total. The molecule has 176 valence electrons. The van der Waals surface area contributed by atoms with E-state index in [0.29, 0.717) is 0 Å². The van der Waals surface area contributed by atoms with Gasteiger partial charge < -0.3 is 9.84 Å². The zero-order valence-electron chi connectivity index (χ0n) is 18.3. The minimum Gasteiger partial charge on any atom is -0.366 e. The molecule has 0 bridgehead atoms. The number of aliphatic hydroxyl groups is 1. The van der Waals surface area contributed by atoms with Crippen LogP contribution in [0.4, 0.5) is 0 Å². The summed E-state index contributed by atoms with van der Waals surface area (Å²) in [5.74, 6) is -0.820. The zero-order chi connectivity index (χ0) is 23.7. The van der Waals surface area contributed by atoms with E-state index in [1.165, 1.54) is 24.3 Å². The number of hydrogen-bond donors (Lipinski definition) is 1. The maximum atomic E-state index is 12.6. The molecule has 1 aliphatic heterocycles. The van der Waals surface area contributed by atoms with Crippen LogP contribution in [0.1, 0.15) is 25.0 Å². The van der Waals surface area contributed by atoms with Crippen molar-refractivity contribution in [2.24, 2.45) is 11.8 Å². The molecule has 1 saturated heterocycles. The van der Waals surface area contributed by atoms with E-state index in [0.717, 1.165) is 11.1 Å². The average molecular weight is 485 g/mol. The Morgan fingerprint density at radius 1 is 0.812 bits per heavy atom. The Kier molecular flexibility index (Phi) is 7.43. The molecule has 1 aliphatic rings. The fraction of sp³-hybridized carbons (Fsp3) is 0.455. The molecule has 0 aromatic heterocycles. The van der Waals surface area contributed by atoms with Crippen LogP contribution in [0.15, 0.2) is 58.3 Å². The Labute approximate surface area is 189 Å². The minimum atomic E-state index is -4.13. The van der Waals surface area contributed by atoms with E-state index in [1.807, 2.05) is 13.8 Å². The molecule has 1 fully saturated rings.